The van der Waals surface area contributed by atoms with Crippen molar-refractivity contribution in [1.29, 1.82) is 0 Å². The summed E-state index contributed by atoms with van der Waals surface area (Å²) in [6, 6.07) is 17.3. The van der Waals surface area contributed by atoms with Crippen LogP contribution in [-0.2, 0) is 19.1 Å². The molecule has 8 heteroatoms. The molecule has 7 nitrogen and oxygen atoms in total. The fraction of sp³-hybridized carbons (Fsp3) is 0.190. The van der Waals surface area contributed by atoms with E-state index in [9.17, 15) is 14.4 Å². The van der Waals surface area contributed by atoms with Crippen molar-refractivity contribution >= 4 is 29.5 Å². The summed E-state index contributed by atoms with van der Waals surface area (Å²) in [4.78, 5) is 37.3. The van der Waals surface area contributed by atoms with E-state index in [1.54, 1.807) is 30.3 Å². The molecule has 0 aromatic heterocycles. The zero-order valence-corrected chi connectivity index (χ0v) is 16.5. The Morgan fingerprint density at radius 1 is 1.10 bits per heavy atom. The minimum absolute atomic E-state index is 0.0668. The summed E-state index contributed by atoms with van der Waals surface area (Å²) in [6.07, 6.45) is 0.656. The number of hydrogen-bond acceptors (Lipinski definition) is 6. The molecule has 1 saturated heterocycles. The first kappa shape index (κ1) is 20.6. The van der Waals surface area contributed by atoms with E-state index >= 15 is 0 Å². The molecule has 2 N–H and O–H groups in total. The molecule has 0 bridgehead atoms. The highest BCUT2D eigenvalue weighted by Gasteiger charge is 2.41. The summed E-state index contributed by atoms with van der Waals surface area (Å²) in [5, 5.41) is 5.27. The summed E-state index contributed by atoms with van der Waals surface area (Å²) < 4.78 is 10.4. The van der Waals surface area contributed by atoms with Crippen LogP contribution < -0.4 is 10.6 Å². The number of carbonyl (C=O) groups is 3. The Morgan fingerprint density at radius 3 is 2.38 bits per heavy atom. The van der Waals surface area contributed by atoms with Crippen molar-refractivity contribution in [3.8, 4) is 0 Å². The molecule has 1 aliphatic rings. The molecule has 1 heterocycles. The third-order valence-electron chi connectivity index (χ3n) is 4.07. The molecule has 0 spiro atoms. The van der Waals surface area contributed by atoms with Gasteiger partial charge in [-0.1, -0.05) is 48.2 Å². The van der Waals surface area contributed by atoms with Crippen molar-refractivity contribution in [2.45, 2.75) is 17.2 Å². The van der Waals surface area contributed by atoms with Crippen molar-refractivity contribution in [2.24, 2.45) is 0 Å². The van der Waals surface area contributed by atoms with Crippen LogP contribution in [0, 0.1) is 0 Å². The molecule has 0 unspecified atom stereocenters. The highest BCUT2D eigenvalue weighted by molar-refractivity contribution is 8.03. The molecule has 2 amide bonds. The standard InChI is InChI=1S/C21H20N2O5S/c1-27-17(24)12-16(29-15-10-6-3-7-11-15)13-28-21-18(20(26)23-21)22-19(25)14-8-4-2-5-9-14/h2-12,18,21H,13H2,1H3,(H,22,25)(H,23,26)/t18-,21+/m0/s1. The third kappa shape index (κ3) is 5.69. The predicted octanol–water partition coefficient (Wildman–Crippen LogP) is 2.11. The molecule has 3 rings (SSSR count). The number of amides is 2. The second kappa shape index (κ2) is 9.90. The zero-order valence-electron chi connectivity index (χ0n) is 15.7. The maximum Gasteiger partial charge on any atom is 0.331 e. The van der Waals surface area contributed by atoms with Crippen LogP contribution >= 0.6 is 11.8 Å². The Balaban J connectivity index is 1.61. The Kier molecular flexibility index (Phi) is 7.04. The van der Waals surface area contributed by atoms with E-state index in [-0.39, 0.29) is 18.4 Å². The smallest absolute Gasteiger partial charge is 0.331 e. The van der Waals surface area contributed by atoms with Crippen molar-refractivity contribution in [1.82, 2.24) is 10.6 Å². The number of esters is 1. The molecule has 29 heavy (non-hydrogen) atoms. The van der Waals surface area contributed by atoms with Gasteiger partial charge in [0.15, 0.2) is 12.3 Å². The lowest BCUT2D eigenvalue weighted by Gasteiger charge is -2.36. The molecule has 0 radical (unpaired) electrons. The zero-order chi connectivity index (χ0) is 20.6. The van der Waals surface area contributed by atoms with Gasteiger partial charge in [-0.15, -0.1) is 0 Å². The number of methoxy groups -OCH3 is 1. The van der Waals surface area contributed by atoms with Gasteiger partial charge in [-0.05, 0) is 24.3 Å². The number of benzene rings is 2. The van der Waals surface area contributed by atoms with E-state index < -0.39 is 18.2 Å². The largest absolute Gasteiger partial charge is 0.466 e. The van der Waals surface area contributed by atoms with E-state index in [1.165, 1.54) is 24.9 Å². The molecular weight excluding hydrogens is 392 g/mol. The first-order chi connectivity index (χ1) is 14.1. The van der Waals surface area contributed by atoms with Crippen LogP contribution in [0.2, 0.25) is 0 Å². The normalized spacial score (nSPS) is 18.4. The Hall–Kier alpha value is -3.10. The van der Waals surface area contributed by atoms with Gasteiger partial charge in [-0.2, -0.15) is 0 Å². The summed E-state index contributed by atoms with van der Waals surface area (Å²) >= 11 is 1.36. The van der Waals surface area contributed by atoms with E-state index in [2.05, 4.69) is 10.6 Å². The van der Waals surface area contributed by atoms with Gasteiger partial charge in [0.2, 0.25) is 5.91 Å². The van der Waals surface area contributed by atoms with E-state index in [4.69, 9.17) is 9.47 Å². The van der Waals surface area contributed by atoms with Crippen LogP contribution in [0.15, 0.2) is 76.5 Å². The van der Waals surface area contributed by atoms with Crippen molar-refractivity contribution in [3.05, 3.63) is 77.2 Å². The van der Waals surface area contributed by atoms with Gasteiger partial charge in [-0.3, -0.25) is 9.59 Å². The van der Waals surface area contributed by atoms with Crippen LogP contribution in [-0.4, -0.2) is 43.8 Å². The number of thioether (sulfide) groups is 1. The van der Waals surface area contributed by atoms with E-state index in [0.717, 1.165) is 4.90 Å². The van der Waals surface area contributed by atoms with Crippen molar-refractivity contribution < 1.29 is 23.9 Å². The highest BCUT2D eigenvalue weighted by Crippen LogP contribution is 2.27. The predicted molar refractivity (Wildman–Crippen MR) is 108 cm³/mol. The maximum atomic E-state index is 12.3. The van der Waals surface area contributed by atoms with Gasteiger partial charge in [-0.25, -0.2) is 4.79 Å². The highest BCUT2D eigenvalue weighted by atomic mass is 32.2. The molecule has 2 aromatic rings. The molecule has 150 valence electrons. The quantitative estimate of drug-likeness (QED) is 0.299. The number of β-lactam (4-membered cyclic amide) rings is 1. The molecule has 1 aliphatic heterocycles. The Bertz CT molecular complexity index is 902. The van der Waals surface area contributed by atoms with E-state index in [0.29, 0.717) is 10.5 Å². The average molecular weight is 412 g/mol. The van der Waals surface area contributed by atoms with Gasteiger partial charge in [0.25, 0.3) is 5.91 Å². The first-order valence-electron chi connectivity index (χ1n) is 8.86. The monoisotopic (exact) mass is 412 g/mol. The molecule has 2 aromatic carbocycles. The van der Waals surface area contributed by atoms with Crippen LogP contribution in [0.1, 0.15) is 10.4 Å². The second-order valence-electron chi connectivity index (χ2n) is 6.11. The van der Waals surface area contributed by atoms with E-state index in [1.807, 2.05) is 30.3 Å². The van der Waals surface area contributed by atoms with Gasteiger partial charge in [0, 0.05) is 21.4 Å². The minimum Gasteiger partial charge on any atom is -0.466 e. The topological polar surface area (TPSA) is 93.7 Å². The van der Waals surface area contributed by atoms with Gasteiger partial charge < -0.3 is 20.1 Å². The Morgan fingerprint density at radius 2 is 1.76 bits per heavy atom. The second-order valence-corrected chi connectivity index (χ2v) is 7.31. The Labute approximate surface area is 172 Å². The number of ether oxygens (including phenoxy) is 2. The molecule has 2 atom stereocenters. The molecule has 0 aliphatic carbocycles. The number of hydrogen-bond donors (Lipinski definition) is 2. The van der Waals surface area contributed by atoms with Crippen LogP contribution in [0.3, 0.4) is 0 Å². The average Bonchev–Trinajstić information content (AvgIpc) is 2.75. The number of carbonyl (C=O) groups excluding carboxylic acids is 3. The third-order valence-corrected chi connectivity index (χ3v) is 5.08. The number of rotatable bonds is 8. The first-order valence-corrected chi connectivity index (χ1v) is 9.68. The molecule has 1 fully saturated rings. The van der Waals surface area contributed by atoms with Crippen LogP contribution in [0.5, 0.6) is 0 Å². The van der Waals surface area contributed by atoms with Crippen molar-refractivity contribution in [2.75, 3.05) is 13.7 Å². The summed E-state index contributed by atoms with van der Waals surface area (Å²) in [7, 11) is 1.30. The van der Waals surface area contributed by atoms with Crippen molar-refractivity contribution in [3.63, 3.8) is 0 Å². The lowest BCUT2D eigenvalue weighted by molar-refractivity contribution is -0.145. The van der Waals surface area contributed by atoms with Crippen LogP contribution in [0.25, 0.3) is 0 Å². The summed E-state index contributed by atoms with van der Waals surface area (Å²) in [6.45, 7) is 0.0668. The molecular formula is C21H20N2O5S. The summed E-state index contributed by atoms with van der Waals surface area (Å²) in [5.74, 6) is -1.19. The lowest BCUT2D eigenvalue weighted by atomic mass is 10.1. The van der Waals surface area contributed by atoms with Gasteiger partial charge >= 0.3 is 5.97 Å². The SMILES string of the molecule is COC(=O)C=C(CO[C@H]1NC(=O)[C@@H]1NC(=O)c1ccccc1)Sc1ccccc1. The van der Waals surface area contributed by atoms with Gasteiger partial charge in [0.05, 0.1) is 13.7 Å². The number of nitrogens with one attached hydrogen (secondary N) is 2. The van der Waals surface area contributed by atoms with Gasteiger partial charge in [0.1, 0.15) is 0 Å². The molecule has 0 saturated carbocycles. The minimum atomic E-state index is -0.802. The maximum absolute atomic E-state index is 12.3. The summed E-state index contributed by atoms with van der Waals surface area (Å²) in [5.41, 5.74) is 0.455. The fourth-order valence-electron chi connectivity index (χ4n) is 2.55. The lowest BCUT2D eigenvalue weighted by Crippen LogP contribution is -2.70. The fourth-order valence-corrected chi connectivity index (χ4v) is 3.43. The van der Waals surface area contributed by atoms with Crippen LogP contribution in [0.4, 0.5) is 0 Å².